The molecule has 0 saturated heterocycles. The Hall–Kier alpha value is 0.0600. The molecule has 10 N–H and O–H groups in total. The van der Waals surface area contributed by atoms with Crippen LogP contribution in [0.3, 0.4) is 0 Å². The van der Waals surface area contributed by atoms with Crippen LogP contribution in [-0.4, -0.2) is 75.4 Å². The van der Waals surface area contributed by atoms with E-state index in [0.717, 1.165) is 14.2 Å². The van der Waals surface area contributed by atoms with Gasteiger partial charge in [0.2, 0.25) is 0 Å². The van der Waals surface area contributed by atoms with Gasteiger partial charge in [-0.1, -0.05) is 0 Å². The number of carbonyl (C=O) groups excluding carboxylic acids is 1. The molecule has 0 amide bonds. The third-order valence-corrected chi connectivity index (χ3v) is 2.91. The number of hydrogen-bond acceptors (Lipinski definition) is 10. The molecule has 0 aliphatic carbocycles. The van der Waals surface area contributed by atoms with Gasteiger partial charge in [0.15, 0.2) is 6.29 Å². The van der Waals surface area contributed by atoms with Crippen molar-refractivity contribution in [1.82, 2.24) is 0 Å². The summed E-state index contributed by atoms with van der Waals surface area (Å²) < 4.78 is 95.4. The van der Waals surface area contributed by atoms with Crippen LogP contribution in [0.2, 0.25) is 0 Å². The van der Waals surface area contributed by atoms with Crippen LogP contribution in [0.5, 0.6) is 0 Å². The number of rotatable bonds is 4. The molecule has 0 aliphatic rings. The van der Waals surface area contributed by atoms with Gasteiger partial charge in [0.05, 0.1) is 0 Å². The van der Waals surface area contributed by atoms with Crippen molar-refractivity contribution < 1.29 is 103 Å². The first-order valence-electron chi connectivity index (χ1n) is 5.57. The molecule has 0 aromatic heterocycles. The van der Waals surface area contributed by atoms with Gasteiger partial charge in [-0.3, -0.25) is 48.5 Å². The van der Waals surface area contributed by atoms with Crippen molar-refractivity contribution in [2.75, 3.05) is 14.2 Å². The lowest BCUT2D eigenvalue weighted by atomic mass is 10.7. The Labute approximate surface area is 169 Å². The molecule has 0 spiro atoms. The van der Waals surface area contributed by atoms with Crippen LogP contribution in [0.1, 0.15) is 0 Å². The molecule has 27 heteroatoms. The molecule has 0 bridgehead atoms. The fourth-order valence-corrected chi connectivity index (χ4v) is 1.22. The summed E-state index contributed by atoms with van der Waals surface area (Å²) in [5.74, 6) is 0. The van der Waals surface area contributed by atoms with Gasteiger partial charge >= 0.3 is 44.7 Å². The smallest absolute Gasteiger partial charge is 0.350 e. The SMILES string of the molecule is COP(=O)(OC)C(O)(O)C=O.O=P(O)(O)F.O=P(O)(O)F.O=P(O)(O)F.O=P(O)(O)F. The normalized spacial score (nSPS) is 12.3. The van der Waals surface area contributed by atoms with Crippen molar-refractivity contribution in [1.29, 1.82) is 0 Å². The monoisotopic (exact) mass is 584 g/mol. The fraction of sp³-hybridized carbons (Fsp3) is 0.750. The zero-order valence-corrected chi connectivity index (χ0v) is 19.0. The number of aliphatic hydroxyl groups is 2. The van der Waals surface area contributed by atoms with Gasteiger partial charge in [0, 0.05) is 14.2 Å². The van der Waals surface area contributed by atoms with Crippen molar-refractivity contribution in [3.8, 4) is 0 Å². The Balaban J connectivity index is -0.0000000967. The highest BCUT2D eigenvalue weighted by Crippen LogP contribution is 2.55. The third-order valence-electron chi connectivity index (χ3n) is 1.04. The van der Waals surface area contributed by atoms with Gasteiger partial charge in [-0.25, -0.2) is 18.3 Å². The first-order chi connectivity index (χ1) is 12.9. The highest BCUT2D eigenvalue weighted by Gasteiger charge is 2.47. The van der Waals surface area contributed by atoms with E-state index < -0.39 is 44.7 Å². The summed E-state index contributed by atoms with van der Waals surface area (Å²) in [5, 5.41) is 17.4. The maximum atomic E-state index is 11.0. The summed E-state index contributed by atoms with van der Waals surface area (Å²) in [5.41, 5.74) is -3.07. The maximum absolute atomic E-state index is 11.0. The molecular weight excluding hydrogens is 567 g/mol. The quantitative estimate of drug-likeness (QED) is 0.0862. The van der Waals surface area contributed by atoms with Crippen LogP contribution < -0.4 is 0 Å². The second-order valence-electron chi connectivity index (χ2n) is 3.56. The molecule has 0 aliphatic heterocycles. The molecule has 0 aromatic carbocycles. The summed E-state index contributed by atoms with van der Waals surface area (Å²) in [6, 6.07) is 0. The minimum Gasteiger partial charge on any atom is -0.350 e. The van der Waals surface area contributed by atoms with E-state index in [0.29, 0.717) is 0 Å². The topological polar surface area (TPSA) is 323 Å². The van der Waals surface area contributed by atoms with Gasteiger partial charge in [-0.15, -0.1) is 16.8 Å². The zero-order valence-electron chi connectivity index (χ0n) is 14.6. The maximum Gasteiger partial charge on any atom is 0.507 e. The lowest BCUT2D eigenvalue weighted by molar-refractivity contribution is -0.146. The summed E-state index contributed by atoms with van der Waals surface area (Å²) in [7, 11) is -22.8. The number of hydrogen-bond donors (Lipinski definition) is 10. The van der Waals surface area contributed by atoms with E-state index in [1.807, 2.05) is 0 Å². The molecule has 18 nitrogen and oxygen atoms in total. The largest absolute Gasteiger partial charge is 0.507 e. The average Bonchev–Trinajstić information content (AvgIpc) is 2.39. The van der Waals surface area contributed by atoms with E-state index in [4.69, 9.17) is 67.6 Å². The Morgan fingerprint density at radius 2 is 0.742 bits per heavy atom. The second-order valence-corrected chi connectivity index (χ2v) is 9.73. The Kier molecular flexibility index (Phi) is 22.2. The van der Waals surface area contributed by atoms with Crippen LogP contribution in [0.4, 0.5) is 16.8 Å². The van der Waals surface area contributed by atoms with Crippen LogP contribution in [0, 0.1) is 0 Å². The standard InChI is InChI=1S/C4H9O6P.4FH2O3P/c1-9-11(8,10-2)4(6,7)3-5;4*1-5(2,3)4/h3,6-7H,1-2H3;4*(H2,2,3,4). The van der Waals surface area contributed by atoms with Crippen LogP contribution in [-0.2, 0) is 36.7 Å². The van der Waals surface area contributed by atoms with Crippen molar-refractivity contribution in [3.63, 3.8) is 0 Å². The predicted molar refractivity (Wildman–Crippen MR) is 87.5 cm³/mol. The van der Waals surface area contributed by atoms with Crippen LogP contribution >= 0.6 is 39.2 Å². The van der Waals surface area contributed by atoms with E-state index in [9.17, 15) is 26.1 Å². The van der Waals surface area contributed by atoms with E-state index in [2.05, 4.69) is 9.05 Å². The van der Waals surface area contributed by atoms with Gasteiger partial charge in [-0.2, -0.15) is 0 Å². The van der Waals surface area contributed by atoms with Crippen molar-refractivity contribution >= 4 is 45.5 Å². The molecule has 0 aromatic rings. The minimum absolute atomic E-state index is 0.319. The second kappa shape index (κ2) is 16.6. The molecule has 0 radical (unpaired) electrons. The lowest BCUT2D eigenvalue weighted by Crippen LogP contribution is -2.31. The molecule has 0 unspecified atom stereocenters. The van der Waals surface area contributed by atoms with E-state index in [1.165, 1.54) is 0 Å². The van der Waals surface area contributed by atoms with Crippen LogP contribution in [0.25, 0.3) is 0 Å². The van der Waals surface area contributed by atoms with Crippen molar-refractivity contribution in [2.24, 2.45) is 0 Å². The molecule has 0 fully saturated rings. The predicted octanol–water partition coefficient (Wildman–Crippen LogP) is -0.496. The van der Waals surface area contributed by atoms with Gasteiger partial charge in [0.25, 0.3) is 0 Å². The molecule has 31 heavy (non-hydrogen) atoms. The molecular formula is C4H17F4O18P5. The summed E-state index contributed by atoms with van der Waals surface area (Å²) >= 11 is 0. The van der Waals surface area contributed by atoms with E-state index in [1.54, 1.807) is 0 Å². The minimum atomic E-state index is -5.14. The first kappa shape index (κ1) is 41.3. The Morgan fingerprint density at radius 3 is 0.774 bits per heavy atom. The number of carbonyl (C=O) groups is 1. The van der Waals surface area contributed by atoms with E-state index >= 15 is 0 Å². The lowest BCUT2D eigenvalue weighted by Gasteiger charge is -2.22. The number of halogens is 4. The third kappa shape index (κ3) is 72.6. The summed E-state index contributed by atoms with van der Waals surface area (Å²) in [6.45, 7) is 0. The van der Waals surface area contributed by atoms with Crippen molar-refractivity contribution in [3.05, 3.63) is 0 Å². The highest BCUT2D eigenvalue weighted by atomic mass is 31.2. The van der Waals surface area contributed by atoms with E-state index in [-0.39, 0.29) is 6.29 Å². The Bertz CT molecular complexity index is 593. The molecule has 0 saturated carbocycles. The fourth-order valence-electron chi connectivity index (χ4n) is 0.408. The van der Waals surface area contributed by atoms with Gasteiger partial charge < -0.3 is 19.3 Å². The molecule has 0 heterocycles. The highest BCUT2D eigenvalue weighted by molar-refractivity contribution is 7.56. The zero-order chi connectivity index (χ0) is 27.1. The molecule has 194 valence electrons. The van der Waals surface area contributed by atoms with Crippen molar-refractivity contribution in [2.45, 2.75) is 5.53 Å². The molecule has 0 atom stereocenters. The number of aldehydes is 1. The Morgan fingerprint density at radius 1 is 0.613 bits per heavy atom. The van der Waals surface area contributed by atoms with Gasteiger partial charge in [0.1, 0.15) is 0 Å². The summed E-state index contributed by atoms with van der Waals surface area (Å²) in [4.78, 5) is 65.7. The average molecular weight is 584 g/mol. The summed E-state index contributed by atoms with van der Waals surface area (Å²) in [6.07, 6.45) is -0.319. The van der Waals surface area contributed by atoms with Gasteiger partial charge in [-0.05, 0) is 0 Å². The first-order valence-corrected chi connectivity index (χ1v) is 13.1. The molecule has 0 rings (SSSR count). The van der Waals surface area contributed by atoms with Crippen LogP contribution in [0.15, 0.2) is 0 Å².